The first-order valence-electron chi connectivity index (χ1n) is 8.27. The van der Waals surface area contributed by atoms with Gasteiger partial charge in [-0.15, -0.1) is 0 Å². The number of hydrogen-bond donors (Lipinski definition) is 1. The molecule has 1 unspecified atom stereocenters. The molecule has 0 bridgehead atoms. The standard InChI is InChI=1S/C16H28N2O3/c1-12(2)10-18(14-7-3-4-8-14)16(21)17-9-5-6-13(11-17)15(19)20/h12-14H,3-11H2,1-2H3,(H,19,20). The van der Waals surface area contributed by atoms with Gasteiger partial charge in [0, 0.05) is 25.7 Å². The zero-order valence-electron chi connectivity index (χ0n) is 13.3. The molecule has 0 aromatic carbocycles. The first-order valence-corrected chi connectivity index (χ1v) is 8.27. The van der Waals surface area contributed by atoms with Gasteiger partial charge in [-0.1, -0.05) is 26.7 Å². The fourth-order valence-corrected chi connectivity index (χ4v) is 3.53. The van der Waals surface area contributed by atoms with Gasteiger partial charge >= 0.3 is 12.0 Å². The molecule has 2 aliphatic rings. The van der Waals surface area contributed by atoms with Gasteiger partial charge in [0.2, 0.25) is 0 Å². The number of hydrogen-bond acceptors (Lipinski definition) is 2. The molecular formula is C16H28N2O3. The lowest BCUT2D eigenvalue weighted by Crippen LogP contribution is -2.52. The topological polar surface area (TPSA) is 60.9 Å². The fraction of sp³-hybridized carbons (Fsp3) is 0.875. The zero-order chi connectivity index (χ0) is 15.4. The second kappa shape index (κ2) is 7.14. The van der Waals surface area contributed by atoms with Crippen molar-refractivity contribution in [3.8, 4) is 0 Å². The third-order valence-electron chi connectivity index (χ3n) is 4.61. The molecule has 5 heteroatoms. The van der Waals surface area contributed by atoms with Crippen LogP contribution in [0.1, 0.15) is 52.4 Å². The highest BCUT2D eigenvalue weighted by Crippen LogP contribution is 2.27. The highest BCUT2D eigenvalue weighted by molar-refractivity contribution is 5.77. The Morgan fingerprint density at radius 1 is 1.19 bits per heavy atom. The molecule has 5 nitrogen and oxygen atoms in total. The van der Waals surface area contributed by atoms with Gasteiger partial charge in [0.25, 0.3) is 0 Å². The number of rotatable bonds is 4. The molecule has 0 radical (unpaired) electrons. The van der Waals surface area contributed by atoms with E-state index in [1.54, 1.807) is 4.90 Å². The number of nitrogens with zero attached hydrogens (tertiary/aromatic N) is 2. The summed E-state index contributed by atoms with van der Waals surface area (Å²) in [5.74, 6) is -0.731. The van der Waals surface area contributed by atoms with Crippen LogP contribution >= 0.6 is 0 Å². The van der Waals surface area contributed by atoms with E-state index in [0.29, 0.717) is 31.5 Å². The molecule has 1 aliphatic carbocycles. The molecule has 21 heavy (non-hydrogen) atoms. The van der Waals surface area contributed by atoms with E-state index >= 15 is 0 Å². The summed E-state index contributed by atoms with van der Waals surface area (Å²) in [7, 11) is 0. The number of likely N-dealkylation sites (tertiary alicyclic amines) is 1. The highest BCUT2D eigenvalue weighted by Gasteiger charge is 2.34. The minimum Gasteiger partial charge on any atom is -0.481 e. The second-order valence-corrected chi connectivity index (χ2v) is 6.89. The van der Waals surface area contributed by atoms with Crippen molar-refractivity contribution < 1.29 is 14.7 Å². The summed E-state index contributed by atoms with van der Waals surface area (Å²) in [5.41, 5.74) is 0. The first kappa shape index (κ1) is 16.1. The monoisotopic (exact) mass is 296 g/mol. The lowest BCUT2D eigenvalue weighted by atomic mass is 9.98. The molecule has 2 amide bonds. The summed E-state index contributed by atoms with van der Waals surface area (Å²) in [4.78, 5) is 27.8. The van der Waals surface area contributed by atoms with E-state index in [4.69, 9.17) is 0 Å². The Morgan fingerprint density at radius 2 is 1.86 bits per heavy atom. The minimum absolute atomic E-state index is 0.0570. The normalized spacial score (nSPS) is 23.6. The Balaban J connectivity index is 2.04. The zero-order valence-corrected chi connectivity index (χ0v) is 13.3. The molecule has 1 aliphatic heterocycles. The summed E-state index contributed by atoms with van der Waals surface area (Å²) in [5, 5.41) is 9.18. The third kappa shape index (κ3) is 4.11. The van der Waals surface area contributed by atoms with Crippen molar-refractivity contribution >= 4 is 12.0 Å². The largest absolute Gasteiger partial charge is 0.481 e. The molecule has 1 atom stereocenters. The summed E-state index contributed by atoms with van der Waals surface area (Å²) in [6.07, 6.45) is 6.06. The van der Waals surface area contributed by atoms with E-state index < -0.39 is 11.9 Å². The van der Waals surface area contributed by atoms with Crippen LogP contribution in [0.2, 0.25) is 0 Å². The average Bonchev–Trinajstić information content (AvgIpc) is 2.98. The maximum atomic E-state index is 12.8. The number of carbonyl (C=O) groups is 2. The number of carboxylic acid groups (broad SMARTS) is 1. The van der Waals surface area contributed by atoms with Crippen LogP contribution in [0.5, 0.6) is 0 Å². The second-order valence-electron chi connectivity index (χ2n) is 6.89. The molecule has 0 spiro atoms. The van der Waals surface area contributed by atoms with Gasteiger partial charge in [-0.25, -0.2) is 4.79 Å². The minimum atomic E-state index is -0.774. The molecule has 120 valence electrons. The fourth-order valence-electron chi connectivity index (χ4n) is 3.53. The van der Waals surface area contributed by atoms with Crippen molar-refractivity contribution in [2.75, 3.05) is 19.6 Å². The van der Waals surface area contributed by atoms with Crippen molar-refractivity contribution in [3.05, 3.63) is 0 Å². The maximum absolute atomic E-state index is 12.8. The van der Waals surface area contributed by atoms with E-state index in [9.17, 15) is 14.7 Å². The summed E-state index contributed by atoms with van der Waals surface area (Å²) < 4.78 is 0. The van der Waals surface area contributed by atoms with E-state index in [1.165, 1.54) is 12.8 Å². The Morgan fingerprint density at radius 3 is 2.43 bits per heavy atom. The van der Waals surface area contributed by atoms with Crippen LogP contribution in [0.25, 0.3) is 0 Å². The molecule has 1 saturated carbocycles. The molecule has 1 saturated heterocycles. The van der Waals surface area contributed by atoms with E-state index in [1.807, 2.05) is 4.90 Å². The number of amides is 2. The highest BCUT2D eigenvalue weighted by atomic mass is 16.4. The van der Waals surface area contributed by atoms with Crippen LogP contribution in [-0.4, -0.2) is 52.6 Å². The van der Waals surface area contributed by atoms with Gasteiger partial charge in [0.05, 0.1) is 5.92 Å². The van der Waals surface area contributed by atoms with Gasteiger partial charge < -0.3 is 14.9 Å². The molecular weight excluding hydrogens is 268 g/mol. The van der Waals surface area contributed by atoms with Crippen molar-refractivity contribution in [2.24, 2.45) is 11.8 Å². The van der Waals surface area contributed by atoms with Gasteiger partial charge in [0.15, 0.2) is 0 Å². The molecule has 0 aromatic rings. The smallest absolute Gasteiger partial charge is 0.320 e. The van der Waals surface area contributed by atoms with E-state index in [0.717, 1.165) is 25.8 Å². The molecule has 0 aromatic heterocycles. The van der Waals surface area contributed by atoms with Crippen LogP contribution < -0.4 is 0 Å². The van der Waals surface area contributed by atoms with Crippen LogP contribution in [-0.2, 0) is 4.79 Å². The van der Waals surface area contributed by atoms with Gasteiger partial charge in [-0.05, 0) is 31.6 Å². The molecule has 2 rings (SSSR count). The number of carboxylic acids is 1. The Labute approximate surface area is 127 Å². The maximum Gasteiger partial charge on any atom is 0.320 e. The number of piperidine rings is 1. The summed E-state index contributed by atoms with van der Waals surface area (Å²) in [6, 6.07) is 0.409. The predicted octanol–water partition coefficient (Wildman–Crippen LogP) is 2.80. The lowest BCUT2D eigenvalue weighted by molar-refractivity contribution is -0.143. The number of carbonyl (C=O) groups excluding carboxylic acids is 1. The van der Waals surface area contributed by atoms with Crippen LogP contribution in [0, 0.1) is 11.8 Å². The number of urea groups is 1. The Bertz CT molecular complexity index is 378. The van der Waals surface area contributed by atoms with Gasteiger partial charge in [-0.2, -0.15) is 0 Å². The Hall–Kier alpha value is -1.26. The quantitative estimate of drug-likeness (QED) is 0.867. The van der Waals surface area contributed by atoms with E-state index in [-0.39, 0.29) is 6.03 Å². The van der Waals surface area contributed by atoms with Crippen LogP contribution in [0.4, 0.5) is 4.79 Å². The van der Waals surface area contributed by atoms with Gasteiger partial charge in [0.1, 0.15) is 0 Å². The van der Waals surface area contributed by atoms with Crippen molar-refractivity contribution in [1.82, 2.24) is 9.80 Å². The van der Waals surface area contributed by atoms with Gasteiger partial charge in [-0.3, -0.25) is 4.79 Å². The predicted molar refractivity (Wildman–Crippen MR) is 81.1 cm³/mol. The Kier molecular flexibility index (Phi) is 5.48. The van der Waals surface area contributed by atoms with Crippen LogP contribution in [0.3, 0.4) is 0 Å². The average molecular weight is 296 g/mol. The van der Waals surface area contributed by atoms with Crippen LogP contribution in [0.15, 0.2) is 0 Å². The number of aliphatic carboxylic acids is 1. The molecule has 2 fully saturated rings. The first-order chi connectivity index (χ1) is 9.99. The summed E-state index contributed by atoms with van der Waals surface area (Å²) in [6.45, 7) is 6.11. The SMILES string of the molecule is CC(C)CN(C(=O)N1CCCC(C(=O)O)C1)C1CCCC1. The third-order valence-corrected chi connectivity index (χ3v) is 4.61. The molecule has 1 N–H and O–H groups in total. The van der Waals surface area contributed by atoms with Crippen molar-refractivity contribution in [2.45, 2.75) is 58.4 Å². The lowest BCUT2D eigenvalue weighted by Gasteiger charge is -2.38. The summed E-state index contributed by atoms with van der Waals surface area (Å²) >= 11 is 0. The van der Waals surface area contributed by atoms with Crippen molar-refractivity contribution in [3.63, 3.8) is 0 Å². The van der Waals surface area contributed by atoms with Crippen molar-refractivity contribution in [1.29, 1.82) is 0 Å². The molecule has 1 heterocycles. The van der Waals surface area contributed by atoms with E-state index in [2.05, 4.69) is 13.8 Å².